The average molecular weight is 173 g/mol. The third kappa shape index (κ3) is 2.68. The van der Waals surface area contributed by atoms with Gasteiger partial charge in [0, 0.05) is 5.25 Å². The van der Waals surface area contributed by atoms with Crippen LogP contribution in [0.5, 0.6) is 0 Å². The van der Waals surface area contributed by atoms with Crippen LogP contribution in [-0.2, 0) is 0 Å². The van der Waals surface area contributed by atoms with Crippen LogP contribution in [0.15, 0.2) is 0 Å². The van der Waals surface area contributed by atoms with Crippen LogP contribution in [0.1, 0.15) is 32.1 Å². The standard InChI is InChI=1S/C9H19NS/c1-11-9-6-4-2-3-5-8(9)7-10/h8-9H,2-7,10H2,1H3. The summed E-state index contributed by atoms with van der Waals surface area (Å²) in [5, 5.41) is 0.850. The molecule has 0 saturated heterocycles. The zero-order valence-corrected chi connectivity index (χ0v) is 8.20. The van der Waals surface area contributed by atoms with Crippen molar-refractivity contribution in [2.75, 3.05) is 12.8 Å². The second-order valence-corrected chi connectivity index (χ2v) is 4.48. The van der Waals surface area contributed by atoms with Crippen LogP contribution in [0.3, 0.4) is 0 Å². The van der Waals surface area contributed by atoms with Crippen LogP contribution in [0, 0.1) is 5.92 Å². The first-order valence-corrected chi connectivity index (χ1v) is 5.90. The predicted octanol–water partition coefficient (Wildman–Crippen LogP) is 2.26. The van der Waals surface area contributed by atoms with Gasteiger partial charge in [-0.2, -0.15) is 11.8 Å². The Bertz CT molecular complexity index is 93.7. The molecule has 0 aromatic heterocycles. The monoisotopic (exact) mass is 173 g/mol. The van der Waals surface area contributed by atoms with Crippen molar-refractivity contribution in [3.8, 4) is 0 Å². The van der Waals surface area contributed by atoms with Crippen molar-refractivity contribution in [1.82, 2.24) is 0 Å². The van der Waals surface area contributed by atoms with Gasteiger partial charge in [-0.15, -0.1) is 0 Å². The minimum absolute atomic E-state index is 0.799. The Morgan fingerprint density at radius 2 is 2.00 bits per heavy atom. The maximum atomic E-state index is 5.73. The van der Waals surface area contributed by atoms with E-state index in [1.54, 1.807) is 0 Å². The van der Waals surface area contributed by atoms with E-state index in [2.05, 4.69) is 6.26 Å². The number of hydrogen-bond donors (Lipinski definition) is 1. The van der Waals surface area contributed by atoms with E-state index in [4.69, 9.17) is 5.73 Å². The first-order chi connectivity index (χ1) is 5.38. The molecule has 1 rings (SSSR count). The van der Waals surface area contributed by atoms with Gasteiger partial charge in [-0.05, 0) is 31.6 Å². The van der Waals surface area contributed by atoms with Gasteiger partial charge in [-0.25, -0.2) is 0 Å². The van der Waals surface area contributed by atoms with Gasteiger partial charge >= 0.3 is 0 Å². The van der Waals surface area contributed by atoms with Crippen molar-refractivity contribution < 1.29 is 0 Å². The van der Waals surface area contributed by atoms with E-state index in [0.29, 0.717) is 0 Å². The van der Waals surface area contributed by atoms with Crippen LogP contribution in [-0.4, -0.2) is 18.1 Å². The highest BCUT2D eigenvalue weighted by molar-refractivity contribution is 7.99. The third-order valence-electron chi connectivity index (χ3n) is 2.69. The molecule has 0 amide bonds. The van der Waals surface area contributed by atoms with Crippen molar-refractivity contribution in [3.05, 3.63) is 0 Å². The van der Waals surface area contributed by atoms with E-state index < -0.39 is 0 Å². The molecule has 2 atom stereocenters. The third-order valence-corrected chi connectivity index (χ3v) is 3.92. The van der Waals surface area contributed by atoms with Crippen LogP contribution < -0.4 is 5.73 Å². The molecule has 0 bridgehead atoms. The van der Waals surface area contributed by atoms with Crippen molar-refractivity contribution in [2.45, 2.75) is 37.4 Å². The summed E-state index contributed by atoms with van der Waals surface area (Å²) in [5.41, 5.74) is 5.73. The van der Waals surface area contributed by atoms with Crippen LogP contribution >= 0.6 is 11.8 Å². The molecule has 2 N–H and O–H groups in total. The number of thioether (sulfide) groups is 1. The fraction of sp³-hybridized carbons (Fsp3) is 1.00. The largest absolute Gasteiger partial charge is 0.330 e. The molecule has 0 aromatic rings. The average Bonchev–Trinajstić information content (AvgIpc) is 2.27. The van der Waals surface area contributed by atoms with Gasteiger partial charge in [0.1, 0.15) is 0 Å². The fourth-order valence-corrected chi connectivity index (χ4v) is 2.96. The highest BCUT2D eigenvalue weighted by atomic mass is 32.2. The van der Waals surface area contributed by atoms with Gasteiger partial charge in [-0.1, -0.05) is 19.3 Å². The molecule has 2 heteroatoms. The first-order valence-electron chi connectivity index (χ1n) is 4.61. The molecule has 1 aliphatic rings. The summed E-state index contributed by atoms with van der Waals surface area (Å²) in [6.45, 7) is 0.894. The highest BCUT2D eigenvalue weighted by Gasteiger charge is 2.20. The van der Waals surface area contributed by atoms with E-state index in [1.807, 2.05) is 11.8 Å². The number of hydrogen-bond acceptors (Lipinski definition) is 2. The summed E-state index contributed by atoms with van der Waals surface area (Å²) in [7, 11) is 0. The van der Waals surface area contributed by atoms with Gasteiger partial charge in [0.05, 0.1) is 0 Å². The summed E-state index contributed by atoms with van der Waals surface area (Å²) in [6.07, 6.45) is 9.22. The second kappa shape index (κ2) is 5.04. The molecule has 11 heavy (non-hydrogen) atoms. The molecule has 1 aliphatic carbocycles. The van der Waals surface area contributed by atoms with E-state index >= 15 is 0 Å². The first kappa shape index (κ1) is 9.40. The molecular formula is C9H19NS. The normalized spacial score (nSPS) is 33.3. The van der Waals surface area contributed by atoms with Gasteiger partial charge < -0.3 is 5.73 Å². The highest BCUT2D eigenvalue weighted by Crippen LogP contribution is 2.30. The number of rotatable bonds is 2. The van der Waals surface area contributed by atoms with Crippen molar-refractivity contribution in [2.24, 2.45) is 11.7 Å². The molecular weight excluding hydrogens is 154 g/mol. The SMILES string of the molecule is CSC1CCCCCC1CN. The second-order valence-electron chi connectivity index (χ2n) is 3.41. The molecule has 1 fully saturated rings. The molecule has 1 nitrogen and oxygen atoms in total. The van der Waals surface area contributed by atoms with E-state index in [1.165, 1.54) is 32.1 Å². The summed E-state index contributed by atoms with van der Waals surface area (Å²) < 4.78 is 0. The lowest BCUT2D eigenvalue weighted by Crippen LogP contribution is -2.24. The molecule has 2 unspecified atom stereocenters. The molecule has 0 radical (unpaired) electrons. The summed E-state index contributed by atoms with van der Waals surface area (Å²) in [4.78, 5) is 0. The molecule has 0 aliphatic heterocycles. The van der Waals surface area contributed by atoms with Gasteiger partial charge in [-0.3, -0.25) is 0 Å². The van der Waals surface area contributed by atoms with Crippen molar-refractivity contribution in [3.63, 3.8) is 0 Å². The Balaban J connectivity index is 2.41. The Morgan fingerprint density at radius 1 is 1.27 bits per heavy atom. The fourth-order valence-electron chi connectivity index (χ4n) is 1.93. The Labute approximate surface area is 74.1 Å². The lowest BCUT2D eigenvalue weighted by atomic mass is 10.0. The van der Waals surface area contributed by atoms with Crippen LogP contribution in [0.25, 0.3) is 0 Å². The van der Waals surface area contributed by atoms with Gasteiger partial charge in [0.15, 0.2) is 0 Å². The van der Waals surface area contributed by atoms with Crippen molar-refractivity contribution in [1.29, 1.82) is 0 Å². The Kier molecular flexibility index (Phi) is 4.31. The van der Waals surface area contributed by atoms with Crippen LogP contribution in [0.4, 0.5) is 0 Å². The smallest absolute Gasteiger partial charge is 0.00845 e. The van der Waals surface area contributed by atoms with E-state index in [0.717, 1.165) is 17.7 Å². The molecule has 0 heterocycles. The lowest BCUT2D eigenvalue weighted by Gasteiger charge is -2.21. The summed E-state index contributed by atoms with van der Waals surface area (Å²) >= 11 is 2.01. The summed E-state index contributed by atoms with van der Waals surface area (Å²) in [5.74, 6) is 0.799. The van der Waals surface area contributed by atoms with Gasteiger partial charge in [0.25, 0.3) is 0 Å². The van der Waals surface area contributed by atoms with Crippen molar-refractivity contribution >= 4 is 11.8 Å². The summed E-state index contributed by atoms with van der Waals surface area (Å²) in [6, 6.07) is 0. The molecule has 66 valence electrons. The Hall–Kier alpha value is 0.310. The Morgan fingerprint density at radius 3 is 2.64 bits per heavy atom. The zero-order valence-electron chi connectivity index (χ0n) is 7.38. The molecule has 0 aromatic carbocycles. The minimum Gasteiger partial charge on any atom is -0.330 e. The molecule has 1 saturated carbocycles. The topological polar surface area (TPSA) is 26.0 Å². The minimum atomic E-state index is 0.799. The lowest BCUT2D eigenvalue weighted by molar-refractivity contribution is 0.484. The molecule has 0 spiro atoms. The maximum absolute atomic E-state index is 5.73. The van der Waals surface area contributed by atoms with Gasteiger partial charge in [0.2, 0.25) is 0 Å². The zero-order chi connectivity index (χ0) is 8.10. The van der Waals surface area contributed by atoms with E-state index in [-0.39, 0.29) is 0 Å². The van der Waals surface area contributed by atoms with E-state index in [9.17, 15) is 0 Å². The maximum Gasteiger partial charge on any atom is 0.00845 e. The number of nitrogens with two attached hydrogens (primary N) is 1. The quantitative estimate of drug-likeness (QED) is 0.648. The predicted molar refractivity (Wildman–Crippen MR) is 52.9 cm³/mol. The van der Waals surface area contributed by atoms with Crippen LogP contribution in [0.2, 0.25) is 0 Å².